The Hall–Kier alpha value is -4.76. The zero-order valence-electron chi connectivity index (χ0n) is 20.4. The van der Waals surface area contributed by atoms with Crippen LogP contribution in [-0.4, -0.2) is 41.5 Å². The van der Waals surface area contributed by atoms with Gasteiger partial charge in [-0.1, -0.05) is 23.7 Å². The van der Waals surface area contributed by atoms with Crippen LogP contribution in [0.4, 0.5) is 0 Å². The highest BCUT2D eigenvalue weighted by atomic mass is 35.5. The fourth-order valence-electron chi connectivity index (χ4n) is 4.90. The Morgan fingerprint density at radius 3 is 2.63 bits per heavy atom. The van der Waals surface area contributed by atoms with Crippen LogP contribution in [0.3, 0.4) is 0 Å². The normalized spacial score (nSPS) is 14.1. The van der Waals surface area contributed by atoms with Crippen LogP contribution in [0.1, 0.15) is 28.3 Å². The van der Waals surface area contributed by atoms with Gasteiger partial charge in [-0.2, -0.15) is 5.10 Å². The Balaban J connectivity index is 1.45. The summed E-state index contributed by atoms with van der Waals surface area (Å²) in [7, 11) is 1.64. The summed E-state index contributed by atoms with van der Waals surface area (Å²) in [5.74, 6) is 2.08. The molecule has 9 nitrogen and oxygen atoms in total. The van der Waals surface area contributed by atoms with Crippen molar-refractivity contribution < 1.29 is 9.47 Å². The second kappa shape index (κ2) is 8.67. The van der Waals surface area contributed by atoms with Crippen molar-refractivity contribution in [3.63, 3.8) is 0 Å². The van der Waals surface area contributed by atoms with Crippen molar-refractivity contribution >= 4 is 17.2 Å². The molecule has 7 rings (SSSR count). The number of hydrogen-bond acceptors (Lipinski definition) is 7. The first kappa shape index (κ1) is 22.4. The van der Waals surface area contributed by atoms with E-state index < -0.39 is 0 Å². The van der Waals surface area contributed by atoms with E-state index in [1.54, 1.807) is 28.8 Å². The number of nitrogens with zero attached hydrogens (tertiary/aromatic N) is 7. The van der Waals surface area contributed by atoms with Gasteiger partial charge in [-0.3, -0.25) is 4.98 Å². The van der Waals surface area contributed by atoms with E-state index in [2.05, 4.69) is 9.97 Å². The molecule has 1 aliphatic rings. The molecule has 4 aromatic heterocycles. The summed E-state index contributed by atoms with van der Waals surface area (Å²) in [6.07, 6.45) is 5.22. The van der Waals surface area contributed by atoms with Crippen molar-refractivity contribution in [3.05, 3.63) is 107 Å². The first-order valence-electron chi connectivity index (χ1n) is 11.9. The smallest absolute Gasteiger partial charge is 0.230 e. The fourth-order valence-corrected chi connectivity index (χ4v) is 5.09. The lowest BCUT2D eigenvalue weighted by Crippen LogP contribution is -2.16. The molecule has 0 radical (unpaired) electrons. The van der Waals surface area contributed by atoms with Gasteiger partial charge < -0.3 is 9.47 Å². The third-order valence-electron chi connectivity index (χ3n) is 6.64. The number of methoxy groups -OCH3 is 1. The van der Waals surface area contributed by atoms with Gasteiger partial charge in [-0.25, -0.2) is 19.2 Å². The standard InChI is InChI=1S/C28H20ClN7O2/c1-16-22-23(18-5-4-12-30-14-18)24-26-32-25(17-8-10-21(37-2)11-9-17)34-35(26)15-31-27(24)38-28(22)36(33-16)20-7-3-6-19(29)13-20/h3-15,23H,1-2H3/t23-/m1/s1. The van der Waals surface area contributed by atoms with Crippen LogP contribution in [0.15, 0.2) is 79.4 Å². The van der Waals surface area contributed by atoms with Crippen molar-refractivity contribution in [2.24, 2.45) is 0 Å². The maximum absolute atomic E-state index is 6.46. The zero-order valence-corrected chi connectivity index (χ0v) is 21.2. The van der Waals surface area contributed by atoms with E-state index in [0.717, 1.165) is 39.4 Å². The predicted molar refractivity (Wildman–Crippen MR) is 141 cm³/mol. The van der Waals surface area contributed by atoms with E-state index in [-0.39, 0.29) is 5.92 Å². The molecule has 0 unspecified atom stereocenters. The van der Waals surface area contributed by atoms with Gasteiger partial charge in [-0.15, -0.1) is 5.10 Å². The molecule has 0 bridgehead atoms. The molecule has 0 amide bonds. The summed E-state index contributed by atoms with van der Waals surface area (Å²) in [5, 5.41) is 10.2. The summed E-state index contributed by atoms with van der Waals surface area (Å²) in [4.78, 5) is 14.0. The molecule has 1 atom stereocenters. The highest BCUT2D eigenvalue weighted by Crippen LogP contribution is 2.49. The third kappa shape index (κ3) is 3.51. The average molecular weight is 522 g/mol. The van der Waals surface area contributed by atoms with Gasteiger partial charge >= 0.3 is 0 Å². The van der Waals surface area contributed by atoms with Gasteiger partial charge in [0.15, 0.2) is 11.5 Å². The van der Waals surface area contributed by atoms with Crippen molar-refractivity contribution in [1.29, 1.82) is 0 Å². The Morgan fingerprint density at radius 1 is 1.00 bits per heavy atom. The number of benzene rings is 2. The number of pyridine rings is 1. The molecule has 0 N–H and O–H groups in total. The van der Waals surface area contributed by atoms with E-state index in [1.165, 1.54) is 0 Å². The molecule has 6 aromatic rings. The molecule has 0 fully saturated rings. The number of fused-ring (bicyclic) bond motifs is 4. The van der Waals surface area contributed by atoms with Crippen LogP contribution in [0, 0.1) is 6.92 Å². The molecule has 1 aliphatic heterocycles. The average Bonchev–Trinajstić information content (AvgIpc) is 3.54. The maximum atomic E-state index is 6.46. The van der Waals surface area contributed by atoms with E-state index in [4.69, 9.17) is 36.3 Å². The van der Waals surface area contributed by atoms with Crippen LogP contribution in [0.2, 0.25) is 5.02 Å². The molecule has 0 saturated carbocycles. The summed E-state index contributed by atoms with van der Waals surface area (Å²) >= 11 is 6.30. The maximum Gasteiger partial charge on any atom is 0.230 e. The number of ether oxygens (including phenoxy) is 2. The molecule has 38 heavy (non-hydrogen) atoms. The zero-order chi connectivity index (χ0) is 25.8. The molecular weight excluding hydrogens is 502 g/mol. The Bertz CT molecular complexity index is 1810. The third-order valence-corrected chi connectivity index (χ3v) is 6.87. The monoisotopic (exact) mass is 521 g/mol. The minimum atomic E-state index is -0.278. The minimum Gasteiger partial charge on any atom is -0.497 e. The van der Waals surface area contributed by atoms with Gasteiger partial charge in [0, 0.05) is 23.0 Å². The molecule has 0 saturated heterocycles. The molecule has 0 spiro atoms. The van der Waals surface area contributed by atoms with Crippen LogP contribution in [0.25, 0.3) is 22.7 Å². The topological polar surface area (TPSA) is 92.3 Å². The van der Waals surface area contributed by atoms with Gasteiger partial charge in [0.1, 0.15) is 12.1 Å². The number of rotatable bonds is 4. The van der Waals surface area contributed by atoms with Crippen molar-refractivity contribution in [2.45, 2.75) is 12.8 Å². The van der Waals surface area contributed by atoms with Crippen LogP contribution >= 0.6 is 11.6 Å². The molecule has 186 valence electrons. The highest BCUT2D eigenvalue weighted by Gasteiger charge is 2.38. The number of aryl methyl sites for hydroxylation is 1. The SMILES string of the molecule is COc1ccc(-c2nc3c4c(ncn3n2)Oc2c(c(C)nn2-c2cccc(Cl)c2)[C@H]4c2cccnc2)cc1. The van der Waals surface area contributed by atoms with E-state index in [1.807, 2.05) is 73.8 Å². The summed E-state index contributed by atoms with van der Waals surface area (Å²) in [6.45, 7) is 1.97. The lowest BCUT2D eigenvalue weighted by atomic mass is 9.85. The largest absolute Gasteiger partial charge is 0.497 e. The Kier molecular flexibility index (Phi) is 5.12. The number of halogens is 1. The van der Waals surface area contributed by atoms with Crippen LogP contribution in [-0.2, 0) is 0 Å². The lowest BCUT2D eigenvalue weighted by Gasteiger charge is -2.26. The number of hydrogen-bond donors (Lipinski definition) is 0. The molecule has 2 aromatic carbocycles. The van der Waals surface area contributed by atoms with Gasteiger partial charge in [0.05, 0.1) is 35.5 Å². The molecule has 5 heterocycles. The molecule has 10 heteroatoms. The van der Waals surface area contributed by atoms with Crippen molar-refractivity contribution in [1.82, 2.24) is 34.3 Å². The molecular formula is C28H20ClN7O2. The molecule has 0 aliphatic carbocycles. The predicted octanol–water partition coefficient (Wildman–Crippen LogP) is 5.63. The summed E-state index contributed by atoms with van der Waals surface area (Å²) in [5.41, 5.74) is 5.80. The fraction of sp³-hybridized carbons (Fsp3) is 0.107. The van der Waals surface area contributed by atoms with E-state index in [9.17, 15) is 0 Å². The minimum absolute atomic E-state index is 0.278. The Morgan fingerprint density at radius 2 is 1.87 bits per heavy atom. The van der Waals surface area contributed by atoms with E-state index >= 15 is 0 Å². The lowest BCUT2D eigenvalue weighted by molar-refractivity contribution is 0.402. The summed E-state index contributed by atoms with van der Waals surface area (Å²) < 4.78 is 15.2. The Labute approximate surface area is 222 Å². The van der Waals surface area contributed by atoms with Crippen LogP contribution < -0.4 is 9.47 Å². The van der Waals surface area contributed by atoms with Crippen molar-refractivity contribution in [2.75, 3.05) is 7.11 Å². The van der Waals surface area contributed by atoms with Crippen molar-refractivity contribution in [3.8, 4) is 34.6 Å². The second-order valence-electron chi connectivity index (χ2n) is 8.91. The first-order chi connectivity index (χ1) is 18.6. The highest BCUT2D eigenvalue weighted by molar-refractivity contribution is 6.30. The second-order valence-corrected chi connectivity index (χ2v) is 9.35. The quantitative estimate of drug-likeness (QED) is 0.296. The summed E-state index contributed by atoms with van der Waals surface area (Å²) in [6, 6.07) is 19.1. The van der Waals surface area contributed by atoms with E-state index in [0.29, 0.717) is 28.3 Å². The number of aromatic nitrogens is 7. The van der Waals surface area contributed by atoms with Crippen LogP contribution in [0.5, 0.6) is 17.5 Å². The first-order valence-corrected chi connectivity index (χ1v) is 12.3. The van der Waals surface area contributed by atoms with Gasteiger partial charge in [-0.05, 0) is 61.0 Å². The van der Waals surface area contributed by atoms with Gasteiger partial charge in [0.25, 0.3) is 0 Å². The van der Waals surface area contributed by atoms with Gasteiger partial charge in [0.2, 0.25) is 11.8 Å².